The fraction of sp³-hybridized carbons (Fsp3) is 0.900. The SMILES string of the molecule is CCC(CSC)NC(=S)NCCCOC. The Morgan fingerprint density at radius 1 is 1.53 bits per heavy atom. The van der Waals surface area contributed by atoms with Crippen LogP contribution in [-0.4, -0.2) is 43.4 Å². The van der Waals surface area contributed by atoms with E-state index in [4.69, 9.17) is 17.0 Å². The summed E-state index contributed by atoms with van der Waals surface area (Å²) in [5.41, 5.74) is 0. The van der Waals surface area contributed by atoms with Gasteiger partial charge in [0, 0.05) is 32.1 Å². The van der Waals surface area contributed by atoms with E-state index in [1.165, 1.54) is 0 Å². The molecule has 0 fully saturated rings. The van der Waals surface area contributed by atoms with Gasteiger partial charge in [-0.05, 0) is 31.3 Å². The van der Waals surface area contributed by atoms with Gasteiger partial charge in [-0.25, -0.2) is 0 Å². The minimum absolute atomic E-state index is 0.474. The molecule has 0 amide bonds. The maximum absolute atomic E-state index is 5.19. The lowest BCUT2D eigenvalue weighted by atomic mass is 10.3. The number of hydrogen-bond donors (Lipinski definition) is 2. The van der Waals surface area contributed by atoms with Gasteiger partial charge in [-0.2, -0.15) is 11.8 Å². The van der Waals surface area contributed by atoms with Crippen LogP contribution in [0.3, 0.4) is 0 Å². The van der Waals surface area contributed by atoms with Gasteiger partial charge in [-0.1, -0.05) is 6.92 Å². The summed E-state index contributed by atoms with van der Waals surface area (Å²) in [7, 11) is 1.71. The summed E-state index contributed by atoms with van der Waals surface area (Å²) in [6.45, 7) is 3.81. The maximum atomic E-state index is 5.19. The zero-order valence-electron chi connectivity index (χ0n) is 9.84. The Morgan fingerprint density at radius 3 is 2.80 bits per heavy atom. The number of nitrogens with one attached hydrogen (secondary N) is 2. The molecule has 0 aromatic heterocycles. The van der Waals surface area contributed by atoms with E-state index in [0.717, 1.165) is 36.9 Å². The summed E-state index contributed by atoms with van der Waals surface area (Å²) in [6.07, 6.45) is 4.19. The third kappa shape index (κ3) is 8.96. The second-order valence-electron chi connectivity index (χ2n) is 3.31. The Kier molecular flexibility index (Phi) is 10.5. The molecule has 0 aromatic rings. The molecule has 1 unspecified atom stereocenters. The number of thiocarbonyl (C=S) groups is 1. The van der Waals surface area contributed by atoms with Gasteiger partial charge in [0.05, 0.1) is 0 Å². The van der Waals surface area contributed by atoms with Gasteiger partial charge in [0.1, 0.15) is 0 Å². The first-order valence-electron chi connectivity index (χ1n) is 5.26. The van der Waals surface area contributed by atoms with Crippen molar-refractivity contribution in [1.29, 1.82) is 0 Å². The van der Waals surface area contributed by atoms with Crippen molar-refractivity contribution in [2.45, 2.75) is 25.8 Å². The molecule has 2 N–H and O–H groups in total. The molecule has 0 aliphatic carbocycles. The molecule has 1 atom stereocenters. The number of ether oxygens (including phenoxy) is 1. The largest absolute Gasteiger partial charge is 0.385 e. The predicted molar refractivity (Wildman–Crippen MR) is 72.7 cm³/mol. The van der Waals surface area contributed by atoms with Crippen molar-refractivity contribution in [2.75, 3.05) is 32.3 Å². The summed E-state index contributed by atoms with van der Waals surface area (Å²) in [5.74, 6) is 1.09. The smallest absolute Gasteiger partial charge is 0.166 e. The molecule has 5 heteroatoms. The van der Waals surface area contributed by atoms with Gasteiger partial charge < -0.3 is 15.4 Å². The summed E-state index contributed by atoms with van der Waals surface area (Å²) < 4.78 is 4.96. The number of rotatable bonds is 8. The summed E-state index contributed by atoms with van der Waals surface area (Å²) in [6, 6.07) is 0.474. The van der Waals surface area contributed by atoms with Crippen molar-refractivity contribution in [3.63, 3.8) is 0 Å². The molecular weight excluding hydrogens is 228 g/mol. The lowest BCUT2D eigenvalue weighted by Crippen LogP contribution is -2.43. The van der Waals surface area contributed by atoms with E-state index in [0.29, 0.717) is 6.04 Å². The summed E-state index contributed by atoms with van der Waals surface area (Å²) in [4.78, 5) is 0. The van der Waals surface area contributed by atoms with Crippen molar-refractivity contribution in [3.8, 4) is 0 Å². The van der Waals surface area contributed by atoms with Crippen molar-refractivity contribution >= 4 is 29.1 Å². The average molecular weight is 250 g/mol. The third-order valence-corrected chi connectivity index (χ3v) is 3.00. The lowest BCUT2D eigenvalue weighted by Gasteiger charge is -2.18. The van der Waals surface area contributed by atoms with Crippen LogP contribution in [0, 0.1) is 0 Å². The number of hydrogen-bond acceptors (Lipinski definition) is 3. The van der Waals surface area contributed by atoms with Crippen molar-refractivity contribution in [3.05, 3.63) is 0 Å². The normalized spacial score (nSPS) is 12.2. The first-order valence-corrected chi connectivity index (χ1v) is 7.07. The second-order valence-corrected chi connectivity index (χ2v) is 4.63. The minimum Gasteiger partial charge on any atom is -0.385 e. The highest BCUT2D eigenvalue weighted by Gasteiger charge is 2.05. The van der Waals surface area contributed by atoms with Crippen molar-refractivity contribution < 1.29 is 4.74 Å². The quantitative estimate of drug-likeness (QED) is 0.505. The molecular formula is C10H22N2OS2. The molecule has 0 saturated carbocycles. The Hall–Kier alpha value is -0.0000000000000000486. The van der Waals surface area contributed by atoms with Crippen LogP contribution in [0.1, 0.15) is 19.8 Å². The Labute approximate surface area is 103 Å². The predicted octanol–water partition coefficient (Wildman–Crippen LogP) is 1.63. The molecule has 0 aliphatic rings. The van der Waals surface area contributed by atoms with Crippen LogP contribution < -0.4 is 10.6 Å². The Balaban J connectivity index is 3.52. The Bertz CT molecular complexity index is 168. The van der Waals surface area contributed by atoms with Gasteiger partial charge >= 0.3 is 0 Å². The van der Waals surface area contributed by atoms with Gasteiger partial charge in [-0.3, -0.25) is 0 Å². The average Bonchev–Trinajstić information content (AvgIpc) is 2.24. The molecule has 0 aliphatic heterocycles. The van der Waals surface area contributed by atoms with Gasteiger partial charge in [0.15, 0.2) is 5.11 Å². The first-order chi connectivity index (χ1) is 7.24. The number of thioether (sulfide) groups is 1. The van der Waals surface area contributed by atoms with Crippen LogP contribution in [0.4, 0.5) is 0 Å². The summed E-state index contributed by atoms with van der Waals surface area (Å²) >= 11 is 7.03. The standard InChI is InChI=1S/C10H22N2OS2/c1-4-9(8-15-3)12-10(14)11-6-5-7-13-2/h9H,4-8H2,1-3H3,(H2,11,12,14). The van der Waals surface area contributed by atoms with E-state index in [1.807, 2.05) is 11.8 Å². The van der Waals surface area contributed by atoms with Gasteiger partial charge in [0.25, 0.3) is 0 Å². The van der Waals surface area contributed by atoms with E-state index in [9.17, 15) is 0 Å². The van der Waals surface area contributed by atoms with E-state index < -0.39 is 0 Å². The first kappa shape index (κ1) is 15.0. The molecule has 0 radical (unpaired) electrons. The molecule has 0 heterocycles. The topological polar surface area (TPSA) is 33.3 Å². The highest BCUT2D eigenvalue weighted by atomic mass is 32.2. The molecule has 90 valence electrons. The third-order valence-electron chi connectivity index (χ3n) is 2.01. The molecule has 0 aromatic carbocycles. The van der Waals surface area contributed by atoms with E-state index in [-0.39, 0.29) is 0 Å². The fourth-order valence-electron chi connectivity index (χ4n) is 1.12. The highest BCUT2D eigenvalue weighted by molar-refractivity contribution is 7.98. The molecule has 0 spiro atoms. The van der Waals surface area contributed by atoms with Crippen molar-refractivity contribution in [2.24, 2.45) is 0 Å². The van der Waals surface area contributed by atoms with E-state index in [2.05, 4.69) is 23.8 Å². The van der Waals surface area contributed by atoms with Gasteiger partial charge in [0.2, 0.25) is 0 Å². The fourth-order valence-corrected chi connectivity index (χ4v) is 2.11. The Morgan fingerprint density at radius 2 is 2.27 bits per heavy atom. The monoisotopic (exact) mass is 250 g/mol. The molecule has 0 bridgehead atoms. The maximum Gasteiger partial charge on any atom is 0.166 e. The van der Waals surface area contributed by atoms with Crippen LogP contribution >= 0.6 is 24.0 Å². The zero-order valence-corrected chi connectivity index (χ0v) is 11.5. The lowest BCUT2D eigenvalue weighted by molar-refractivity contribution is 0.195. The molecule has 3 nitrogen and oxygen atoms in total. The van der Waals surface area contributed by atoms with Crippen LogP contribution in [0.25, 0.3) is 0 Å². The van der Waals surface area contributed by atoms with E-state index >= 15 is 0 Å². The van der Waals surface area contributed by atoms with Crippen LogP contribution in [0.2, 0.25) is 0 Å². The summed E-state index contributed by atoms with van der Waals surface area (Å²) in [5, 5.41) is 7.23. The van der Waals surface area contributed by atoms with E-state index in [1.54, 1.807) is 7.11 Å². The highest BCUT2D eigenvalue weighted by Crippen LogP contribution is 2.00. The van der Waals surface area contributed by atoms with Crippen molar-refractivity contribution in [1.82, 2.24) is 10.6 Å². The number of methoxy groups -OCH3 is 1. The zero-order chi connectivity index (χ0) is 11.5. The van der Waals surface area contributed by atoms with Crippen LogP contribution in [0.15, 0.2) is 0 Å². The second kappa shape index (κ2) is 10.5. The van der Waals surface area contributed by atoms with Crippen LogP contribution in [-0.2, 0) is 4.74 Å². The molecule has 0 rings (SSSR count). The van der Waals surface area contributed by atoms with Gasteiger partial charge in [-0.15, -0.1) is 0 Å². The molecule has 15 heavy (non-hydrogen) atoms. The van der Waals surface area contributed by atoms with Crippen LogP contribution in [0.5, 0.6) is 0 Å². The molecule has 0 saturated heterocycles. The minimum atomic E-state index is 0.474.